The lowest BCUT2D eigenvalue weighted by molar-refractivity contribution is 0.320. The van der Waals surface area contributed by atoms with Crippen molar-refractivity contribution >= 4 is 11.4 Å². The van der Waals surface area contributed by atoms with E-state index in [0.717, 1.165) is 11.3 Å². The van der Waals surface area contributed by atoms with E-state index in [1.54, 1.807) is 0 Å². The second kappa shape index (κ2) is 6.66. The van der Waals surface area contributed by atoms with Gasteiger partial charge in [0, 0.05) is 11.0 Å². The number of benzene rings is 2. The van der Waals surface area contributed by atoms with Crippen LogP contribution in [0.5, 0.6) is 0 Å². The van der Waals surface area contributed by atoms with Gasteiger partial charge in [0.2, 0.25) is 11.7 Å². The minimum atomic E-state index is -0.208. The SMILES string of the molecule is CC(C)(C)c1nc(/C(=N\Nc2ccccc2)c2ccccc2)no1. The number of para-hydroxylation sites is 1. The molecule has 24 heavy (non-hydrogen) atoms. The van der Waals surface area contributed by atoms with Crippen LogP contribution in [0.2, 0.25) is 0 Å². The Labute approximate surface area is 141 Å². The Kier molecular flexibility index (Phi) is 4.42. The van der Waals surface area contributed by atoms with Crippen LogP contribution in [0.3, 0.4) is 0 Å². The van der Waals surface area contributed by atoms with Crippen LogP contribution < -0.4 is 5.43 Å². The van der Waals surface area contributed by atoms with E-state index in [1.165, 1.54) is 0 Å². The van der Waals surface area contributed by atoms with E-state index in [4.69, 9.17) is 4.52 Å². The minimum absolute atomic E-state index is 0.208. The van der Waals surface area contributed by atoms with E-state index < -0.39 is 0 Å². The van der Waals surface area contributed by atoms with Gasteiger partial charge in [-0.25, -0.2) is 0 Å². The molecule has 0 unspecified atom stereocenters. The van der Waals surface area contributed by atoms with Crippen LogP contribution in [0.4, 0.5) is 5.69 Å². The zero-order valence-electron chi connectivity index (χ0n) is 14.0. The predicted octanol–water partition coefficient (Wildman–Crippen LogP) is 4.23. The van der Waals surface area contributed by atoms with Gasteiger partial charge in [-0.3, -0.25) is 5.43 Å². The molecule has 2 aromatic carbocycles. The molecule has 0 spiro atoms. The Morgan fingerprint density at radius 2 is 1.58 bits per heavy atom. The van der Waals surface area contributed by atoms with Gasteiger partial charge in [0.15, 0.2) is 0 Å². The number of anilines is 1. The lowest BCUT2D eigenvalue weighted by Gasteiger charge is -2.10. The maximum atomic E-state index is 5.41. The smallest absolute Gasteiger partial charge is 0.232 e. The molecule has 0 amide bonds. The molecule has 0 fully saturated rings. The fourth-order valence-electron chi connectivity index (χ4n) is 2.10. The number of aromatic nitrogens is 2. The van der Waals surface area contributed by atoms with Crippen LogP contribution in [0, 0.1) is 0 Å². The van der Waals surface area contributed by atoms with Crippen molar-refractivity contribution in [3.05, 3.63) is 77.9 Å². The zero-order valence-corrected chi connectivity index (χ0v) is 14.0. The van der Waals surface area contributed by atoms with Gasteiger partial charge in [-0.1, -0.05) is 74.5 Å². The first-order valence-corrected chi connectivity index (χ1v) is 7.83. The van der Waals surface area contributed by atoms with Crippen molar-refractivity contribution in [1.82, 2.24) is 10.1 Å². The fraction of sp³-hybridized carbons (Fsp3) is 0.211. The van der Waals surface area contributed by atoms with E-state index >= 15 is 0 Å². The summed E-state index contributed by atoms with van der Waals surface area (Å²) in [5.41, 5.74) is 5.30. The third-order valence-electron chi connectivity index (χ3n) is 3.40. The summed E-state index contributed by atoms with van der Waals surface area (Å²) >= 11 is 0. The highest BCUT2D eigenvalue weighted by molar-refractivity contribution is 6.10. The molecule has 1 N–H and O–H groups in total. The quantitative estimate of drug-likeness (QED) is 0.577. The third kappa shape index (κ3) is 3.68. The fourth-order valence-corrected chi connectivity index (χ4v) is 2.10. The van der Waals surface area contributed by atoms with Crippen molar-refractivity contribution in [1.29, 1.82) is 0 Å². The molecule has 122 valence electrons. The van der Waals surface area contributed by atoms with Crippen molar-refractivity contribution in [2.75, 3.05) is 5.43 Å². The highest BCUT2D eigenvalue weighted by atomic mass is 16.5. The molecule has 0 aliphatic carbocycles. The maximum absolute atomic E-state index is 5.41. The lowest BCUT2D eigenvalue weighted by Crippen LogP contribution is -2.13. The summed E-state index contributed by atoms with van der Waals surface area (Å²) in [6, 6.07) is 19.6. The van der Waals surface area contributed by atoms with Crippen LogP contribution in [0.1, 0.15) is 38.0 Å². The summed E-state index contributed by atoms with van der Waals surface area (Å²) in [7, 11) is 0. The average Bonchev–Trinajstić information content (AvgIpc) is 3.07. The Morgan fingerprint density at radius 1 is 0.958 bits per heavy atom. The number of nitrogens with zero attached hydrogens (tertiary/aromatic N) is 3. The van der Waals surface area contributed by atoms with E-state index in [-0.39, 0.29) is 5.41 Å². The number of hydrogen-bond acceptors (Lipinski definition) is 5. The summed E-state index contributed by atoms with van der Waals surface area (Å²) < 4.78 is 5.41. The molecule has 3 aromatic rings. The van der Waals surface area contributed by atoms with E-state index in [1.807, 2.05) is 81.4 Å². The minimum Gasteiger partial charge on any atom is -0.338 e. The lowest BCUT2D eigenvalue weighted by atomic mass is 9.97. The number of rotatable bonds is 4. The molecule has 5 heteroatoms. The standard InChI is InChI=1S/C19H20N4O/c1-19(2,3)18-20-17(23-24-18)16(14-10-6-4-7-11-14)22-21-15-12-8-5-9-13-15/h4-13,21H,1-3H3/b22-16-. The van der Waals surface area contributed by atoms with Gasteiger partial charge in [0.25, 0.3) is 0 Å². The molecule has 0 aliphatic rings. The monoisotopic (exact) mass is 320 g/mol. The molecule has 0 saturated heterocycles. The highest BCUT2D eigenvalue weighted by Gasteiger charge is 2.24. The molecule has 0 bridgehead atoms. The summed E-state index contributed by atoms with van der Waals surface area (Å²) in [6.45, 7) is 6.10. The van der Waals surface area contributed by atoms with E-state index in [2.05, 4.69) is 20.7 Å². The molecule has 0 atom stereocenters. The van der Waals surface area contributed by atoms with Crippen molar-refractivity contribution < 1.29 is 4.52 Å². The summed E-state index contributed by atoms with van der Waals surface area (Å²) in [6.07, 6.45) is 0. The topological polar surface area (TPSA) is 63.3 Å². The van der Waals surface area contributed by atoms with Gasteiger partial charge in [-0.15, -0.1) is 0 Å². The van der Waals surface area contributed by atoms with E-state index in [9.17, 15) is 0 Å². The third-order valence-corrected chi connectivity index (χ3v) is 3.40. The van der Waals surface area contributed by atoms with Crippen LogP contribution in [-0.4, -0.2) is 15.9 Å². The number of hydrogen-bond donors (Lipinski definition) is 1. The van der Waals surface area contributed by atoms with Gasteiger partial charge in [-0.05, 0) is 12.1 Å². The molecular weight excluding hydrogens is 300 g/mol. The predicted molar refractivity (Wildman–Crippen MR) is 95.1 cm³/mol. The van der Waals surface area contributed by atoms with E-state index in [0.29, 0.717) is 17.4 Å². The van der Waals surface area contributed by atoms with Crippen molar-refractivity contribution in [2.24, 2.45) is 5.10 Å². The number of nitrogens with one attached hydrogen (secondary N) is 1. The molecule has 0 radical (unpaired) electrons. The molecule has 3 rings (SSSR count). The van der Waals surface area contributed by atoms with Crippen LogP contribution in [0.25, 0.3) is 0 Å². The van der Waals surface area contributed by atoms with Gasteiger partial charge in [0.05, 0.1) is 5.69 Å². The van der Waals surface area contributed by atoms with Gasteiger partial charge in [0.1, 0.15) is 5.71 Å². The normalized spacial score (nSPS) is 12.2. The van der Waals surface area contributed by atoms with Crippen LogP contribution in [-0.2, 0) is 5.41 Å². The Hall–Kier alpha value is -2.95. The molecule has 0 saturated carbocycles. The molecular formula is C19H20N4O. The Balaban J connectivity index is 1.98. The van der Waals surface area contributed by atoms with Gasteiger partial charge < -0.3 is 4.52 Å². The van der Waals surface area contributed by atoms with Gasteiger partial charge in [-0.2, -0.15) is 10.1 Å². The van der Waals surface area contributed by atoms with Crippen molar-refractivity contribution in [2.45, 2.75) is 26.2 Å². The zero-order chi connectivity index (χ0) is 17.0. The second-order valence-corrected chi connectivity index (χ2v) is 6.48. The average molecular weight is 320 g/mol. The summed E-state index contributed by atoms with van der Waals surface area (Å²) in [5.74, 6) is 1.05. The van der Waals surface area contributed by atoms with Crippen molar-refractivity contribution in [3.63, 3.8) is 0 Å². The summed E-state index contributed by atoms with van der Waals surface area (Å²) in [5, 5.41) is 8.63. The first-order valence-electron chi connectivity index (χ1n) is 7.83. The van der Waals surface area contributed by atoms with Gasteiger partial charge >= 0.3 is 0 Å². The Bertz CT molecular complexity index is 817. The second-order valence-electron chi connectivity index (χ2n) is 6.48. The van der Waals surface area contributed by atoms with Crippen LogP contribution in [0.15, 0.2) is 70.3 Å². The molecule has 0 aliphatic heterocycles. The number of hydrazone groups is 1. The highest BCUT2D eigenvalue weighted by Crippen LogP contribution is 2.21. The molecule has 1 aromatic heterocycles. The van der Waals surface area contributed by atoms with Crippen molar-refractivity contribution in [3.8, 4) is 0 Å². The largest absolute Gasteiger partial charge is 0.338 e. The maximum Gasteiger partial charge on any atom is 0.232 e. The molecule has 5 nitrogen and oxygen atoms in total. The summed E-state index contributed by atoms with van der Waals surface area (Å²) in [4.78, 5) is 4.52. The van der Waals surface area contributed by atoms with Crippen LogP contribution >= 0.6 is 0 Å². The first-order chi connectivity index (χ1) is 11.5. The Morgan fingerprint density at radius 3 is 2.17 bits per heavy atom. The molecule has 1 heterocycles. The first kappa shape index (κ1) is 15.9.